The molecule has 5 aromatic rings. The van der Waals surface area contributed by atoms with Crippen LogP contribution in [0, 0.1) is 13.8 Å². The van der Waals surface area contributed by atoms with E-state index in [2.05, 4.69) is 11.2 Å². The number of aromatic nitrogens is 4. The number of hydrogen-bond acceptors (Lipinski definition) is 4. The second-order valence-corrected chi connectivity index (χ2v) is 8.04. The van der Waals surface area contributed by atoms with Crippen molar-refractivity contribution in [1.29, 1.82) is 0 Å². The standard InChI is InChI=1S/C26H24N4O3/c1-4-33-24(31)16-28-23-10-7-8-17(2)25(23)30(26(28)32)21-12-11-19(14-18(21)3)20-15-27-29-13-6-5-9-22(20)29/h5-15H,4,16H2,1-3H3. The van der Waals surface area contributed by atoms with Gasteiger partial charge in [0.05, 0.1) is 35.0 Å². The quantitative estimate of drug-likeness (QED) is 0.383. The van der Waals surface area contributed by atoms with Gasteiger partial charge in [-0.1, -0.05) is 24.3 Å². The maximum Gasteiger partial charge on any atom is 0.334 e. The van der Waals surface area contributed by atoms with Gasteiger partial charge in [-0.05, 0) is 67.8 Å². The van der Waals surface area contributed by atoms with Crippen molar-refractivity contribution in [2.45, 2.75) is 27.3 Å². The Balaban J connectivity index is 1.67. The van der Waals surface area contributed by atoms with Gasteiger partial charge in [0.1, 0.15) is 6.54 Å². The van der Waals surface area contributed by atoms with Crippen molar-refractivity contribution in [2.75, 3.05) is 6.61 Å². The summed E-state index contributed by atoms with van der Waals surface area (Å²) < 4.78 is 10.1. The first-order valence-electron chi connectivity index (χ1n) is 10.9. The molecule has 33 heavy (non-hydrogen) atoms. The molecule has 5 rings (SSSR count). The van der Waals surface area contributed by atoms with Crippen LogP contribution in [0.4, 0.5) is 0 Å². The van der Waals surface area contributed by atoms with Crippen molar-refractivity contribution >= 4 is 22.5 Å². The van der Waals surface area contributed by atoms with Crippen LogP contribution >= 0.6 is 0 Å². The topological polar surface area (TPSA) is 70.5 Å². The van der Waals surface area contributed by atoms with E-state index in [-0.39, 0.29) is 18.8 Å². The van der Waals surface area contributed by atoms with Crippen molar-refractivity contribution in [3.63, 3.8) is 0 Å². The Labute approximate surface area is 190 Å². The Morgan fingerprint density at radius 3 is 2.61 bits per heavy atom. The van der Waals surface area contributed by atoms with E-state index in [1.54, 1.807) is 11.5 Å². The number of fused-ring (bicyclic) bond motifs is 2. The second-order valence-electron chi connectivity index (χ2n) is 8.04. The number of carbonyl (C=O) groups excluding carboxylic acids is 1. The molecule has 2 aromatic carbocycles. The molecule has 3 heterocycles. The molecule has 0 aliphatic heterocycles. The van der Waals surface area contributed by atoms with E-state index in [0.717, 1.165) is 39.0 Å². The van der Waals surface area contributed by atoms with Crippen molar-refractivity contribution in [1.82, 2.24) is 18.7 Å². The maximum absolute atomic E-state index is 13.5. The zero-order chi connectivity index (χ0) is 23.1. The lowest BCUT2D eigenvalue weighted by atomic mass is 10.0. The number of para-hydroxylation sites is 1. The van der Waals surface area contributed by atoms with Crippen molar-refractivity contribution in [2.24, 2.45) is 0 Å². The number of pyridine rings is 1. The van der Waals surface area contributed by atoms with E-state index in [4.69, 9.17) is 4.74 Å². The van der Waals surface area contributed by atoms with E-state index in [1.165, 1.54) is 4.57 Å². The fourth-order valence-electron chi connectivity index (χ4n) is 4.41. The highest BCUT2D eigenvalue weighted by atomic mass is 16.5. The van der Waals surface area contributed by atoms with Crippen LogP contribution in [-0.4, -0.2) is 31.3 Å². The first-order valence-corrected chi connectivity index (χ1v) is 10.9. The summed E-state index contributed by atoms with van der Waals surface area (Å²) in [6, 6.07) is 17.7. The van der Waals surface area contributed by atoms with Gasteiger partial charge in [-0.2, -0.15) is 5.10 Å². The summed E-state index contributed by atoms with van der Waals surface area (Å²) in [6.45, 7) is 5.86. The van der Waals surface area contributed by atoms with Crippen LogP contribution in [0.2, 0.25) is 0 Å². The zero-order valence-electron chi connectivity index (χ0n) is 18.8. The fourth-order valence-corrected chi connectivity index (χ4v) is 4.41. The van der Waals surface area contributed by atoms with Crippen molar-refractivity contribution in [3.8, 4) is 16.8 Å². The molecule has 0 bridgehead atoms. The minimum absolute atomic E-state index is 0.126. The van der Waals surface area contributed by atoms with Crippen LogP contribution in [0.1, 0.15) is 18.1 Å². The van der Waals surface area contributed by atoms with Gasteiger partial charge in [0, 0.05) is 11.8 Å². The molecule has 0 atom stereocenters. The number of imidazole rings is 1. The number of rotatable bonds is 5. The van der Waals surface area contributed by atoms with Gasteiger partial charge in [0.25, 0.3) is 0 Å². The molecule has 0 saturated carbocycles. The number of nitrogens with zero attached hydrogens (tertiary/aromatic N) is 4. The maximum atomic E-state index is 13.5. The van der Waals surface area contributed by atoms with Gasteiger partial charge in [-0.25, -0.2) is 9.31 Å². The summed E-state index contributed by atoms with van der Waals surface area (Å²) in [5, 5.41) is 4.43. The lowest BCUT2D eigenvalue weighted by Crippen LogP contribution is -2.27. The number of ether oxygens (including phenoxy) is 1. The van der Waals surface area contributed by atoms with Gasteiger partial charge in [-0.15, -0.1) is 0 Å². The van der Waals surface area contributed by atoms with E-state index >= 15 is 0 Å². The summed E-state index contributed by atoms with van der Waals surface area (Å²) in [7, 11) is 0. The van der Waals surface area contributed by atoms with Crippen LogP contribution in [0.3, 0.4) is 0 Å². The normalized spacial score (nSPS) is 11.4. The first kappa shape index (κ1) is 20.8. The molecule has 0 aliphatic carbocycles. The molecule has 0 spiro atoms. The highest BCUT2D eigenvalue weighted by Gasteiger charge is 2.20. The molecule has 0 amide bonds. The van der Waals surface area contributed by atoms with Gasteiger partial charge < -0.3 is 4.74 Å². The molecule has 7 nitrogen and oxygen atoms in total. The molecule has 0 radical (unpaired) electrons. The number of esters is 1. The third-order valence-corrected chi connectivity index (χ3v) is 5.92. The largest absolute Gasteiger partial charge is 0.465 e. The number of aryl methyl sites for hydroxylation is 2. The fraction of sp³-hybridized carbons (Fsp3) is 0.192. The van der Waals surface area contributed by atoms with Crippen LogP contribution in [0.25, 0.3) is 33.4 Å². The van der Waals surface area contributed by atoms with E-state index in [0.29, 0.717) is 5.52 Å². The molecule has 3 aromatic heterocycles. The minimum Gasteiger partial charge on any atom is -0.465 e. The SMILES string of the molecule is CCOC(=O)Cn1c(=O)n(-c2ccc(-c3cnn4ccccc34)cc2C)c2c(C)cccc21. The zero-order valence-corrected chi connectivity index (χ0v) is 18.8. The minimum atomic E-state index is -0.430. The first-order chi connectivity index (χ1) is 16.0. The van der Waals surface area contributed by atoms with Crippen molar-refractivity contribution < 1.29 is 9.53 Å². The molecule has 0 unspecified atom stereocenters. The Morgan fingerprint density at radius 2 is 1.82 bits per heavy atom. The molecule has 0 saturated heterocycles. The molecular formula is C26H24N4O3. The summed E-state index contributed by atoms with van der Waals surface area (Å²) >= 11 is 0. The molecule has 7 heteroatoms. The summed E-state index contributed by atoms with van der Waals surface area (Å²) in [4.78, 5) is 25.7. The number of benzene rings is 2. The lowest BCUT2D eigenvalue weighted by Gasteiger charge is -2.11. The number of hydrogen-bond donors (Lipinski definition) is 0. The highest BCUT2D eigenvalue weighted by molar-refractivity contribution is 5.85. The second kappa shape index (κ2) is 8.09. The van der Waals surface area contributed by atoms with Crippen LogP contribution < -0.4 is 5.69 Å². The van der Waals surface area contributed by atoms with E-state index < -0.39 is 5.97 Å². The summed E-state index contributed by atoms with van der Waals surface area (Å²) in [5.41, 5.74) is 6.99. The van der Waals surface area contributed by atoms with E-state index in [9.17, 15) is 9.59 Å². The Morgan fingerprint density at radius 1 is 1.00 bits per heavy atom. The Kier molecular flexibility index (Phi) is 5.09. The molecule has 0 fully saturated rings. The predicted octanol–water partition coefficient (Wildman–Crippen LogP) is 4.29. The van der Waals surface area contributed by atoms with Crippen molar-refractivity contribution in [3.05, 3.63) is 88.6 Å². The lowest BCUT2D eigenvalue weighted by molar-refractivity contribution is -0.143. The Bertz CT molecular complexity index is 1570. The van der Waals surface area contributed by atoms with Gasteiger partial charge in [0.2, 0.25) is 0 Å². The van der Waals surface area contributed by atoms with Gasteiger partial charge in [-0.3, -0.25) is 13.9 Å². The van der Waals surface area contributed by atoms with Gasteiger partial charge >= 0.3 is 11.7 Å². The summed E-state index contributed by atoms with van der Waals surface area (Å²) in [6.07, 6.45) is 3.77. The Hall–Kier alpha value is -4.13. The molecule has 166 valence electrons. The van der Waals surface area contributed by atoms with Crippen LogP contribution in [0.5, 0.6) is 0 Å². The monoisotopic (exact) mass is 440 g/mol. The van der Waals surface area contributed by atoms with Crippen LogP contribution in [0.15, 0.2) is 71.8 Å². The smallest absolute Gasteiger partial charge is 0.334 e. The van der Waals surface area contributed by atoms with Gasteiger partial charge in [0.15, 0.2) is 0 Å². The number of carbonyl (C=O) groups is 1. The molecular weight excluding hydrogens is 416 g/mol. The molecule has 0 N–H and O–H groups in total. The predicted molar refractivity (Wildman–Crippen MR) is 128 cm³/mol. The third kappa shape index (κ3) is 3.42. The average molecular weight is 441 g/mol. The van der Waals surface area contributed by atoms with Crippen LogP contribution in [-0.2, 0) is 16.1 Å². The molecule has 0 aliphatic rings. The average Bonchev–Trinajstić information content (AvgIpc) is 3.35. The highest BCUT2D eigenvalue weighted by Crippen LogP contribution is 2.29. The third-order valence-electron chi connectivity index (χ3n) is 5.92. The van der Waals surface area contributed by atoms with E-state index in [1.807, 2.05) is 79.3 Å². The summed E-state index contributed by atoms with van der Waals surface area (Å²) in [5.74, 6) is -0.430.